The Bertz CT molecular complexity index is 1430. The van der Waals surface area contributed by atoms with Crippen LogP contribution in [0.3, 0.4) is 0 Å². The number of halogens is 2. The zero-order chi connectivity index (χ0) is 24.3. The normalized spacial score (nSPS) is 22.6. The van der Waals surface area contributed by atoms with E-state index in [2.05, 4.69) is 23.2 Å². The number of ether oxygens (including phenoxy) is 1. The molecule has 1 aliphatic carbocycles. The minimum absolute atomic E-state index is 0.0253. The molecule has 2 aliphatic rings. The number of aryl methyl sites for hydroxylation is 2. The van der Waals surface area contributed by atoms with Crippen LogP contribution in [0, 0.1) is 25.5 Å². The lowest BCUT2D eigenvalue weighted by Gasteiger charge is -2.33. The van der Waals surface area contributed by atoms with E-state index in [1.807, 2.05) is 30.8 Å². The van der Waals surface area contributed by atoms with Crippen molar-refractivity contribution in [3.8, 4) is 11.3 Å². The van der Waals surface area contributed by atoms with Crippen molar-refractivity contribution in [2.24, 2.45) is 0 Å². The van der Waals surface area contributed by atoms with Gasteiger partial charge in [0.05, 0.1) is 41.4 Å². The number of hydrogen-bond donors (Lipinski definition) is 0. The highest BCUT2D eigenvalue weighted by Gasteiger charge is 2.33. The second-order valence-electron chi connectivity index (χ2n) is 9.87. The Kier molecular flexibility index (Phi) is 5.36. The van der Waals surface area contributed by atoms with E-state index in [9.17, 15) is 8.78 Å². The van der Waals surface area contributed by atoms with E-state index in [0.717, 1.165) is 41.6 Å². The monoisotopic (exact) mass is 475 g/mol. The van der Waals surface area contributed by atoms with Crippen molar-refractivity contribution < 1.29 is 13.5 Å². The molecule has 0 spiro atoms. The van der Waals surface area contributed by atoms with Gasteiger partial charge >= 0.3 is 0 Å². The molecule has 3 atom stereocenters. The van der Waals surface area contributed by atoms with Crippen LogP contribution in [0.15, 0.2) is 36.7 Å². The molecule has 4 heterocycles. The number of rotatable bonds is 4. The van der Waals surface area contributed by atoms with Crippen molar-refractivity contribution in [1.82, 2.24) is 24.7 Å². The lowest BCUT2D eigenvalue weighted by Crippen LogP contribution is -2.25. The van der Waals surface area contributed by atoms with Crippen LogP contribution in [-0.4, -0.2) is 30.8 Å². The Hall–Kier alpha value is -3.26. The smallest absolute Gasteiger partial charge is 0.135 e. The predicted molar refractivity (Wildman–Crippen MR) is 128 cm³/mol. The largest absolute Gasteiger partial charge is 0.370 e. The number of fused-ring (bicyclic) bond motifs is 1. The first-order valence-electron chi connectivity index (χ1n) is 12.2. The Balaban J connectivity index is 1.43. The summed E-state index contributed by atoms with van der Waals surface area (Å²) in [5.74, 6) is -1.21. The van der Waals surface area contributed by atoms with Gasteiger partial charge in [0.1, 0.15) is 22.8 Å². The molecule has 1 saturated carbocycles. The number of nitrogens with zero attached hydrogens (tertiary/aromatic N) is 5. The van der Waals surface area contributed by atoms with E-state index < -0.39 is 11.6 Å². The van der Waals surface area contributed by atoms with Gasteiger partial charge < -0.3 is 4.74 Å². The summed E-state index contributed by atoms with van der Waals surface area (Å²) < 4.78 is 36.9. The number of benzene rings is 1. The quantitative estimate of drug-likeness (QED) is 0.355. The van der Waals surface area contributed by atoms with Gasteiger partial charge in [-0.25, -0.2) is 23.7 Å². The summed E-state index contributed by atoms with van der Waals surface area (Å²) in [6.45, 7) is 5.84. The van der Waals surface area contributed by atoms with Crippen LogP contribution in [0.5, 0.6) is 0 Å². The van der Waals surface area contributed by atoms with Gasteiger partial charge in [-0.3, -0.25) is 4.68 Å². The molecule has 1 saturated heterocycles. The van der Waals surface area contributed by atoms with E-state index in [0.29, 0.717) is 22.8 Å². The molecular formula is C27H27F2N5O. The minimum atomic E-state index is -0.665. The molecule has 0 radical (unpaired) electrons. The summed E-state index contributed by atoms with van der Waals surface area (Å²) in [5, 5.41) is 4.54. The molecule has 8 heteroatoms. The van der Waals surface area contributed by atoms with Crippen molar-refractivity contribution >= 4 is 11.0 Å². The minimum Gasteiger partial charge on any atom is -0.370 e. The topological polar surface area (TPSA) is 65.7 Å². The molecule has 0 bridgehead atoms. The molecule has 4 aromatic rings. The van der Waals surface area contributed by atoms with E-state index in [1.165, 1.54) is 25.0 Å². The molecule has 6 rings (SSSR count). The molecule has 1 aromatic carbocycles. The average Bonchev–Trinajstić information content (AvgIpc) is 3.55. The average molecular weight is 476 g/mol. The van der Waals surface area contributed by atoms with Gasteiger partial charge in [0.15, 0.2) is 0 Å². The first-order chi connectivity index (χ1) is 16.9. The Morgan fingerprint density at radius 1 is 1.00 bits per heavy atom. The summed E-state index contributed by atoms with van der Waals surface area (Å²) >= 11 is 0. The van der Waals surface area contributed by atoms with Crippen LogP contribution in [0.4, 0.5) is 8.78 Å². The van der Waals surface area contributed by atoms with E-state index >= 15 is 0 Å². The molecule has 3 aromatic heterocycles. The van der Waals surface area contributed by atoms with Crippen LogP contribution in [-0.2, 0) is 4.74 Å². The van der Waals surface area contributed by atoms with Crippen LogP contribution >= 0.6 is 0 Å². The van der Waals surface area contributed by atoms with E-state index in [1.54, 1.807) is 0 Å². The lowest BCUT2D eigenvalue weighted by atomic mass is 9.87. The zero-order valence-electron chi connectivity index (χ0n) is 20.0. The van der Waals surface area contributed by atoms with Gasteiger partial charge in [0, 0.05) is 35.0 Å². The summed E-state index contributed by atoms with van der Waals surface area (Å²) in [6, 6.07) is 6.04. The summed E-state index contributed by atoms with van der Waals surface area (Å²) in [7, 11) is 0. The van der Waals surface area contributed by atoms with Crippen LogP contribution in [0.2, 0.25) is 0 Å². The maximum absolute atomic E-state index is 14.9. The number of pyridine rings is 1. The molecule has 180 valence electrons. The van der Waals surface area contributed by atoms with E-state index in [4.69, 9.17) is 14.7 Å². The van der Waals surface area contributed by atoms with Crippen LogP contribution < -0.4 is 0 Å². The molecular weight excluding hydrogens is 448 g/mol. The second kappa shape index (κ2) is 8.45. The molecule has 0 N–H and O–H groups in total. The Labute approximate surface area is 202 Å². The highest BCUT2D eigenvalue weighted by Crippen LogP contribution is 2.42. The second-order valence-corrected chi connectivity index (χ2v) is 9.87. The van der Waals surface area contributed by atoms with E-state index in [-0.39, 0.29) is 23.7 Å². The van der Waals surface area contributed by atoms with Gasteiger partial charge in [-0.15, -0.1) is 0 Å². The summed E-state index contributed by atoms with van der Waals surface area (Å²) in [4.78, 5) is 14.3. The maximum atomic E-state index is 14.9. The standard InChI is InChI=1S/C27H27F2N5O/c1-14-8-17(9-25(35-14)18-12-30-34(13-18)20-5-6-20)23-11-24-27(32-16(3)15(2)31-24)26(33-23)21-7-4-19(28)10-22(21)29/h4,7,10-14,17,20,25H,5-6,8-9H2,1-3H3/t14-,17+,25-/m0/s1. The van der Waals surface area contributed by atoms with Crippen LogP contribution in [0.25, 0.3) is 22.3 Å². The molecule has 2 fully saturated rings. The van der Waals surface area contributed by atoms with Crippen molar-refractivity contribution in [2.75, 3.05) is 0 Å². The van der Waals surface area contributed by atoms with Crippen molar-refractivity contribution in [3.05, 3.63) is 70.9 Å². The third-order valence-electron chi connectivity index (χ3n) is 7.11. The molecule has 1 aliphatic heterocycles. The zero-order valence-corrected chi connectivity index (χ0v) is 20.0. The molecule has 35 heavy (non-hydrogen) atoms. The molecule has 6 nitrogen and oxygen atoms in total. The fourth-order valence-electron chi connectivity index (χ4n) is 4.99. The van der Waals surface area contributed by atoms with Gasteiger partial charge in [0.2, 0.25) is 0 Å². The highest BCUT2D eigenvalue weighted by molar-refractivity contribution is 5.89. The molecule has 0 amide bonds. The summed E-state index contributed by atoms with van der Waals surface area (Å²) in [5.41, 5.74) is 5.25. The lowest BCUT2D eigenvalue weighted by molar-refractivity contribution is -0.0506. The summed E-state index contributed by atoms with van der Waals surface area (Å²) in [6.07, 6.45) is 7.82. The van der Waals surface area contributed by atoms with Gasteiger partial charge in [0.25, 0.3) is 0 Å². The third-order valence-corrected chi connectivity index (χ3v) is 7.11. The van der Waals surface area contributed by atoms with Crippen molar-refractivity contribution in [2.45, 2.75) is 70.6 Å². The number of hydrogen-bond acceptors (Lipinski definition) is 5. The first kappa shape index (κ1) is 22.2. The fourth-order valence-corrected chi connectivity index (χ4v) is 4.99. The van der Waals surface area contributed by atoms with Gasteiger partial charge in [-0.1, -0.05) is 0 Å². The highest BCUT2D eigenvalue weighted by atomic mass is 19.1. The van der Waals surface area contributed by atoms with Crippen molar-refractivity contribution in [3.63, 3.8) is 0 Å². The maximum Gasteiger partial charge on any atom is 0.135 e. The van der Waals surface area contributed by atoms with Crippen LogP contribution in [0.1, 0.15) is 73.3 Å². The SMILES string of the molecule is Cc1nc2cc([C@H]3C[C@@H](c4cnn(C5CC5)c4)O[C@@H](C)C3)nc(-c3ccc(F)cc3F)c2nc1C. The molecule has 0 unspecified atom stereocenters. The Morgan fingerprint density at radius 3 is 2.57 bits per heavy atom. The first-order valence-corrected chi connectivity index (χ1v) is 12.2. The third kappa shape index (κ3) is 4.20. The van der Waals surface area contributed by atoms with Crippen molar-refractivity contribution in [1.29, 1.82) is 0 Å². The Morgan fingerprint density at radius 2 is 1.80 bits per heavy atom. The fraction of sp³-hybridized carbons (Fsp3) is 0.407. The number of aromatic nitrogens is 5. The van der Waals surface area contributed by atoms with Gasteiger partial charge in [-0.2, -0.15) is 5.10 Å². The predicted octanol–water partition coefficient (Wildman–Crippen LogP) is 6.14. The van der Waals surface area contributed by atoms with Gasteiger partial charge in [-0.05, 0) is 64.7 Å².